The van der Waals surface area contributed by atoms with Gasteiger partial charge in [0, 0.05) is 5.56 Å². The van der Waals surface area contributed by atoms with E-state index in [1.54, 1.807) is 62.3 Å². The summed E-state index contributed by atoms with van der Waals surface area (Å²) in [7, 11) is 1.56. The lowest BCUT2D eigenvalue weighted by Gasteiger charge is -2.24. The monoisotopic (exact) mass is 583 g/mol. The summed E-state index contributed by atoms with van der Waals surface area (Å²) in [5, 5.41) is 0. The molecule has 0 spiro atoms. The van der Waals surface area contributed by atoms with E-state index in [2.05, 4.69) is 4.99 Å². The number of amides is 1. The SMILES string of the molecule is CCOC(=O)C1=C(C)N=c2s/c(=C3\C(=O)N(Cc4ccc(F)cc4)c4ccccc43)c(=O)n2[C@@H]1c1ccc(OC)cc1. The zero-order chi connectivity index (χ0) is 29.5. The van der Waals surface area contributed by atoms with E-state index in [1.807, 2.05) is 24.3 Å². The Morgan fingerprint density at radius 3 is 2.43 bits per heavy atom. The first kappa shape index (κ1) is 27.3. The van der Waals surface area contributed by atoms with E-state index in [1.165, 1.54) is 16.7 Å². The fourth-order valence-electron chi connectivity index (χ4n) is 5.37. The minimum Gasteiger partial charge on any atom is -0.497 e. The first-order chi connectivity index (χ1) is 20.3. The smallest absolute Gasteiger partial charge is 0.338 e. The third-order valence-electron chi connectivity index (χ3n) is 7.33. The number of esters is 1. The maximum Gasteiger partial charge on any atom is 0.338 e. The van der Waals surface area contributed by atoms with E-state index in [0.29, 0.717) is 33.1 Å². The molecule has 0 unspecified atom stereocenters. The first-order valence-corrected chi connectivity index (χ1v) is 14.2. The molecule has 10 heteroatoms. The summed E-state index contributed by atoms with van der Waals surface area (Å²) in [4.78, 5) is 48.0. The predicted molar refractivity (Wildman–Crippen MR) is 156 cm³/mol. The third kappa shape index (κ3) is 4.53. The molecular weight excluding hydrogens is 557 g/mol. The molecule has 2 aliphatic heterocycles. The van der Waals surface area contributed by atoms with E-state index >= 15 is 0 Å². The van der Waals surface area contributed by atoms with Crippen LogP contribution in [0.4, 0.5) is 10.1 Å². The molecule has 6 rings (SSSR count). The van der Waals surface area contributed by atoms with Crippen LogP contribution >= 0.6 is 11.3 Å². The van der Waals surface area contributed by atoms with E-state index in [-0.39, 0.29) is 40.6 Å². The first-order valence-electron chi connectivity index (χ1n) is 13.3. The van der Waals surface area contributed by atoms with E-state index in [0.717, 1.165) is 16.9 Å². The predicted octanol–water partition coefficient (Wildman–Crippen LogP) is 3.86. The van der Waals surface area contributed by atoms with Crippen LogP contribution in [0.3, 0.4) is 0 Å². The molecule has 0 aliphatic carbocycles. The Balaban J connectivity index is 1.56. The number of methoxy groups -OCH3 is 1. The minimum atomic E-state index is -0.817. The van der Waals surface area contributed by atoms with Crippen LogP contribution in [0.5, 0.6) is 5.75 Å². The van der Waals surface area contributed by atoms with Gasteiger partial charge in [-0.15, -0.1) is 0 Å². The van der Waals surface area contributed by atoms with Crippen LogP contribution in [-0.2, 0) is 20.9 Å². The lowest BCUT2D eigenvalue weighted by molar-refractivity contribution is -0.139. The van der Waals surface area contributed by atoms with Crippen LogP contribution < -0.4 is 24.5 Å². The average molecular weight is 584 g/mol. The number of carbonyl (C=O) groups is 2. The van der Waals surface area contributed by atoms with Gasteiger partial charge in [0.2, 0.25) is 0 Å². The molecule has 0 N–H and O–H groups in total. The third-order valence-corrected chi connectivity index (χ3v) is 8.38. The van der Waals surface area contributed by atoms with Gasteiger partial charge in [-0.25, -0.2) is 14.2 Å². The summed E-state index contributed by atoms with van der Waals surface area (Å²) < 4.78 is 25.9. The van der Waals surface area contributed by atoms with Crippen molar-refractivity contribution in [1.82, 2.24) is 4.57 Å². The van der Waals surface area contributed by atoms with E-state index in [4.69, 9.17) is 9.47 Å². The van der Waals surface area contributed by atoms with Crippen LogP contribution in [0.15, 0.2) is 93.9 Å². The second-order valence-electron chi connectivity index (χ2n) is 9.81. The van der Waals surface area contributed by atoms with Gasteiger partial charge in [0.1, 0.15) is 16.1 Å². The number of carbonyl (C=O) groups excluding carboxylic acids is 2. The Hall–Kier alpha value is -4.83. The summed E-state index contributed by atoms with van der Waals surface area (Å²) in [6.07, 6.45) is 0. The highest BCUT2D eigenvalue weighted by atomic mass is 32.1. The van der Waals surface area contributed by atoms with E-state index in [9.17, 15) is 18.8 Å². The molecule has 0 saturated heterocycles. The molecule has 4 aromatic rings. The molecule has 42 heavy (non-hydrogen) atoms. The molecule has 8 nitrogen and oxygen atoms in total. The van der Waals surface area contributed by atoms with Crippen LogP contribution in [0.2, 0.25) is 0 Å². The van der Waals surface area contributed by atoms with Gasteiger partial charge in [-0.05, 0) is 55.3 Å². The zero-order valence-corrected chi connectivity index (χ0v) is 23.9. The molecule has 1 atom stereocenters. The normalized spacial score (nSPS) is 17.1. The number of halogens is 1. The Labute approximate surface area is 244 Å². The number of thiazole rings is 1. The van der Waals surface area contributed by atoms with Crippen molar-refractivity contribution < 1.29 is 23.5 Å². The Bertz CT molecular complexity index is 1940. The molecule has 2 aliphatic rings. The van der Waals surface area contributed by atoms with Gasteiger partial charge in [0.15, 0.2) is 4.80 Å². The summed E-state index contributed by atoms with van der Waals surface area (Å²) in [6.45, 7) is 3.80. The maximum atomic E-state index is 14.3. The highest BCUT2D eigenvalue weighted by Crippen LogP contribution is 2.37. The number of ether oxygens (including phenoxy) is 2. The number of benzene rings is 3. The highest BCUT2D eigenvalue weighted by molar-refractivity contribution is 7.07. The molecular formula is C32H26FN3O5S. The molecule has 212 valence electrons. The lowest BCUT2D eigenvalue weighted by Crippen LogP contribution is -2.41. The number of allylic oxidation sites excluding steroid dienone is 1. The molecule has 1 amide bonds. The maximum absolute atomic E-state index is 14.3. The standard InChI is InChI=1S/C32H26FN3O5S/c1-4-41-31(39)25-18(2)34-32-36(27(25)20-11-15-22(40-3)16-12-20)30(38)28(42-32)26-23-7-5-6-8-24(23)35(29(26)37)17-19-9-13-21(33)14-10-19/h5-16,27H,4,17H2,1-3H3/b28-26-/t27-/m1/s1. The number of nitrogens with zero attached hydrogens (tertiary/aromatic N) is 3. The van der Waals surface area contributed by atoms with Crippen molar-refractivity contribution >= 4 is 34.5 Å². The van der Waals surface area contributed by atoms with Gasteiger partial charge in [-0.2, -0.15) is 0 Å². The fraction of sp³-hybridized carbons (Fsp3) is 0.188. The Morgan fingerprint density at radius 2 is 1.74 bits per heavy atom. The number of hydrogen-bond donors (Lipinski definition) is 0. The lowest BCUT2D eigenvalue weighted by atomic mass is 9.96. The van der Waals surface area contributed by atoms with Gasteiger partial charge in [0.05, 0.1) is 48.8 Å². The van der Waals surface area contributed by atoms with Crippen molar-refractivity contribution in [3.8, 4) is 5.75 Å². The summed E-state index contributed by atoms with van der Waals surface area (Å²) >= 11 is 1.11. The minimum absolute atomic E-state index is 0.161. The number of anilines is 1. The molecule has 3 heterocycles. The molecule has 0 bridgehead atoms. The van der Waals surface area contributed by atoms with Crippen LogP contribution in [-0.4, -0.2) is 30.2 Å². The van der Waals surface area contributed by atoms with Gasteiger partial charge in [-0.3, -0.25) is 14.2 Å². The number of rotatable bonds is 6. The van der Waals surface area contributed by atoms with Crippen molar-refractivity contribution in [2.24, 2.45) is 4.99 Å². The molecule has 0 radical (unpaired) electrons. The van der Waals surface area contributed by atoms with Crippen molar-refractivity contribution in [2.75, 3.05) is 18.6 Å². The number of para-hydroxylation sites is 1. The zero-order valence-electron chi connectivity index (χ0n) is 23.1. The highest BCUT2D eigenvalue weighted by Gasteiger charge is 2.37. The number of hydrogen-bond acceptors (Lipinski definition) is 7. The van der Waals surface area contributed by atoms with Crippen molar-refractivity contribution in [3.05, 3.63) is 126 Å². The molecule has 1 aromatic heterocycles. The van der Waals surface area contributed by atoms with Crippen molar-refractivity contribution in [1.29, 1.82) is 0 Å². The summed E-state index contributed by atoms with van der Waals surface area (Å²) in [6, 6.07) is 19.5. The number of aromatic nitrogens is 1. The van der Waals surface area contributed by atoms with Gasteiger partial charge < -0.3 is 14.4 Å². The van der Waals surface area contributed by atoms with Gasteiger partial charge in [-0.1, -0.05) is 53.8 Å². The second-order valence-corrected chi connectivity index (χ2v) is 10.8. The molecule has 0 fully saturated rings. The van der Waals surface area contributed by atoms with Gasteiger partial charge in [0.25, 0.3) is 11.5 Å². The molecule has 0 saturated carbocycles. The Morgan fingerprint density at radius 1 is 1.02 bits per heavy atom. The van der Waals surface area contributed by atoms with Gasteiger partial charge >= 0.3 is 5.97 Å². The second kappa shape index (κ2) is 10.9. The van der Waals surface area contributed by atoms with Crippen molar-refractivity contribution in [3.63, 3.8) is 0 Å². The average Bonchev–Trinajstić information content (AvgIpc) is 3.45. The topological polar surface area (TPSA) is 90.2 Å². The Kier molecular flexibility index (Phi) is 7.07. The summed E-state index contributed by atoms with van der Waals surface area (Å²) in [5.41, 5.74) is 3.21. The summed E-state index contributed by atoms with van der Waals surface area (Å²) in [5.74, 6) is -0.642. The van der Waals surface area contributed by atoms with E-state index < -0.39 is 17.6 Å². The molecule has 3 aromatic carbocycles. The fourth-order valence-corrected chi connectivity index (χ4v) is 6.51. The quantitative estimate of drug-likeness (QED) is 0.322. The van der Waals surface area contributed by atoms with Crippen LogP contribution in [0, 0.1) is 5.82 Å². The largest absolute Gasteiger partial charge is 0.497 e. The van der Waals surface area contributed by atoms with Crippen LogP contribution in [0.1, 0.15) is 36.6 Å². The number of fused-ring (bicyclic) bond motifs is 2. The van der Waals surface area contributed by atoms with Crippen LogP contribution in [0.25, 0.3) is 5.57 Å². The van der Waals surface area contributed by atoms with Crippen molar-refractivity contribution in [2.45, 2.75) is 26.4 Å².